The van der Waals surface area contributed by atoms with Crippen molar-refractivity contribution in [1.82, 2.24) is 4.90 Å². The van der Waals surface area contributed by atoms with Crippen LogP contribution in [0.15, 0.2) is 63.2 Å². The summed E-state index contributed by atoms with van der Waals surface area (Å²) in [6, 6.07) is 15.7. The minimum atomic E-state index is -0.0497. The zero-order valence-electron chi connectivity index (χ0n) is 12.2. The maximum atomic E-state index is 12.2. The third kappa shape index (κ3) is 3.80. The molecule has 2 nitrogen and oxygen atoms in total. The lowest BCUT2D eigenvalue weighted by molar-refractivity contribution is -0.121. The van der Waals surface area contributed by atoms with Crippen LogP contribution < -0.4 is 0 Å². The van der Waals surface area contributed by atoms with E-state index < -0.39 is 0 Å². The van der Waals surface area contributed by atoms with Gasteiger partial charge in [0.05, 0.1) is 4.91 Å². The largest absolute Gasteiger partial charge is 0.296 e. The third-order valence-electron chi connectivity index (χ3n) is 3.23. The van der Waals surface area contributed by atoms with E-state index in [0.717, 1.165) is 15.4 Å². The first-order valence-corrected chi connectivity index (χ1v) is 9.20. The van der Waals surface area contributed by atoms with Gasteiger partial charge >= 0.3 is 0 Å². The summed E-state index contributed by atoms with van der Waals surface area (Å²) in [7, 11) is 1.70. The van der Waals surface area contributed by atoms with Crippen LogP contribution in [-0.4, -0.2) is 22.2 Å². The topological polar surface area (TPSA) is 20.3 Å². The molecule has 0 aromatic heterocycles. The minimum absolute atomic E-state index is 0.0497. The highest BCUT2D eigenvalue weighted by Crippen LogP contribution is 2.36. The average Bonchev–Trinajstić information content (AvgIpc) is 2.79. The molecule has 0 spiro atoms. The lowest BCUT2D eigenvalue weighted by atomic mass is 10.2. The molecule has 0 bridgehead atoms. The Balaban J connectivity index is 1.91. The molecule has 1 aliphatic rings. The molecule has 0 radical (unpaired) electrons. The lowest BCUT2D eigenvalue weighted by Crippen LogP contribution is -2.22. The number of amides is 1. The smallest absolute Gasteiger partial charge is 0.265 e. The van der Waals surface area contributed by atoms with Crippen LogP contribution in [0.2, 0.25) is 5.02 Å². The van der Waals surface area contributed by atoms with Gasteiger partial charge in [0.15, 0.2) is 0 Å². The van der Waals surface area contributed by atoms with Gasteiger partial charge in [0.1, 0.15) is 4.32 Å². The Labute approximate surface area is 153 Å². The second kappa shape index (κ2) is 7.09. The molecular weight excluding hydrogens is 366 g/mol. The summed E-state index contributed by atoms with van der Waals surface area (Å²) >= 11 is 14.1. The van der Waals surface area contributed by atoms with Gasteiger partial charge in [-0.3, -0.25) is 9.69 Å². The Bertz CT molecular complexity index is 802. The van der Waals surface area contributed by atoms with Crippen molar-refractivity contribution in [3.63, 3.8) is 0 Å². The molecule has 116 valence electrons. The Kier molecular flexibility index (Phi) is 5.11. The Morgan fingerprint density at radius 2 is 1.87 bits per heavy atom. The molecule has 1 saturated heterocycles. The van der Waals surface area contributed by atoms with E-state index in [2.05, 4.69) is 0 Å². The number of rotatable bonds is 3. The molecule has 0 atom stereocenters. The van der Waals surface area contributed by atoms with Crippen LogP contribution in [0.5, 0.6) is 0 Å². The minimum Gasteiger partial charge on any atom is -0.296 e. The molecule has 1 fully saturated rings. The summed E-state index contributed by atoms with van der Waals surface area (Å²) in [5, 5.41) is 0.717. The van der Waals surface area contributed by atoms with Crippen molar-refractivity contribution in [2.75, 3.05) is 7.05 Å². The van der Waals surface area contributed by atoms with E-state index in [0.29, 0.717) is 14.2 Å². The van der Waals surface area contributed by atoms with Crippen molar-refractivity contribution in [2.45, 2.75) is 9.79 Å². The number of thiocarbonyl (C=S) groups is 1. The van der Waals surface area contributed by atoms with Crippen LogP contribution in [0.3, 0.4) is 0 Å². The predicted molar refractivity (Wildman–Crippen MR) is 103 cm³/mol. The zero-order chi connectivity index (χ0) is 16.4. The van der Waals surface area contributed by atoms with Gasteiger partial charge in [0.2, 0.25) is 0 Å². The fourth-order valence-corrected chi connectivity index (χ4v) is 4.22. The number of hydrogen-bond donors (Lipinski definition) is 0. The van der Waals surface area contributed by atoms with Crippen molar-refractivity contribution in [3.05, 3.63) is 64.0 Å². The Morgan fingerprint density at radius 1 is 1.17 bits per heavy atom. The van der Waals surface area contributed by atoms with Gasteiger partial charge in [0.25, 0.3) is 5.91 Å². The number of thioether (sulfide) groups is 1. The monoisotopic (exact) mass is 377 g/mol. The molecule has 0 saturated carbocycles. The SMILES string of the molecule is CN1C(=O)/C(=C\c2ccccc2Sc2ccc(Cl)cc2)SC1=S. The highest BCUT2D eigenvalue weighted by molar-refractivity contribution is 8.26. The van der Waals surface area contributed by atoms with E-state index in [1.54, 1.807) is 18.8 Å². The van der Waals surface area contributed by atoms with Crippen molar-refractivity contribution in [2.24, 2.45) is 0 Å². The fourth-order valence-electron chi connectivity index (χ4n) is 2.01. The number of carbonyl (C=O) groups is 1. The van der Waals surface area contributed by atoms with Gasteiger partial charge < -0.3 is 0 Å². The third-order valence-corrected chi connectivity index (χ3v) is 6.07. The number of hydrogen-bond acceptors (Lipinski definition) is 4. The van der Waals surface area contributed by atoms with Gasteiger partial charge in [-0.2, -0.15) is 0 Å². The van der Waals surface area contributed by atoms with Crippen molar-refractivity contribution in [3.8, 4) is 0 Å². The first-order valence-electron chi connectivity index (χ1n) is 6.78. The summed E-state index contributed by atoms with van der Waals surface area (Å²) in [4.78, 5) is 16.5. The van der Waals surface area contributed by atoms with Crippen LogP contribution in [0.4, 0.5) is 0 Å². The fraction of sp³-hybridized carbons (Fsp3) is 0.0588. The summed E-state index contributed by atoms with van der Waals surface area (Å²) in [6.07, 6.45) is 1.90. The van der Waals surface area contributed by atoms with Gasteiger partial charge in [-0.15, -0.1) is 0 Å². The summed E-state index contributed by atoms with van der Waals surface area (Å²) < 4.78 is 0.587. The first kappa shape index (κ1) is 16.6. The number of halogens is 1. The predicted octanol–water partition coefficient (Wildman–Crippen LogP) is 5.32. The molecule has 23 heavy (non-hydrogen) atoms. The number of carbonyl (C=O) groups excluding carboxylic acids is 1. The van der Waals surface area contributed by atoms with Gasteiger partial charge in [0, 0.05) is 21.9 Å². The van der Waals surface area contributed by atoms with Crippen molar-refractivity contribution in [1.29, 1.82) is 0 Å². The standard InChI is InChI=1S/C17H12ClNOS3/c1-19-16(20)15(23-17(19)21)10-11-4-2-3-5-14(11)22-13-8-6-12(18)7-9-13/h2-10H,1H3/b15-10+. The van der Waals surface area contributed by atoms with Crippen LogP contribution in [0.1, 0.15) is 5.56 Å². The highest BCUT2D eigenvalue weighted by atomic mass is 35.5. The molecule has 2 aromatic rings. The normalized spacial score (nSPS) is 16.4. The van der Waals surface area contributed by atoms with Gasteiger partial charge in [-0.05, 0) is 42.0 Å². The number of likely N-dealkylation sites (N-methyl/N-ethyl adjacent to an activating group) is 1. The summed E-state index contributed by atoms with van der Waals surface area (Å²) in [5.41, 5.74) is 1.00. The second-order valence-corrected chi connectivity index (χ2v) is 8.06. The second-order valence-electron chi connectivity index (χ2n) is 4.83. The average molecular weight is 378 g/mol. The molecular formula is C17H12ClNOS3. The molecule has 0 aliphatic carbocycles. The van der Waals surface area contributed by atoms with Crippen LogP contribution >= 0.6 is 47.3 Å². The lowest BCUT2D eigenvalue weighted by Gasteiger charge is -2.07. The number of benzene rings is 2. The van der Waals surface area contributed by atoms with Crippen LogP contribution in [0, 0.1) is 0 Å². The molecule has 0 N–H and O–H groups in total. The van der Waals surface area contributed by atoms with E-state index in [9.17, 15) is 4.79 Å². The summed E-state index contributed by atoms with van der Waals surface area (Å²) in [6.45, 7) is 0. The molecule has 1 heterocycles. The van der Waals surface area contributed by atoms with Crippen molar-refractivity contribution >= 4 is 63.6 Å². The molecule has 0 unspecified atom stereocenters. The van der Waals surface area contributed by atoms with Crippen molar-refractivity contribution < 1.29 is 4.79 Å². The maximum Gasteiger partial charge on any atom is 0.265 e. The Morgan fingerprint density at radius 3 is 2.52 bits per heavy atom. The van der Waals surface area contributed by atoms with Crippen LogP contribution in [-0.2, 0) is 4.79 Å². The molecule has 1 aliphatic heterocycles. The summed E-state index contributed by atoms with van der Waals surface area (Å²) in [5.74, 6) is -0.0497. The molecule has 3 rings (SSSR count). The van der Waals surface area contributed by atoms with E-state index in [4.69, 9.17) is 23.8 Å². The zero-order valence-corrected chi connectivity index (χ0v) is 15.4. The van der Waals surface area contributed by atoms with E-state index >= 15 is 0 Å². The van der Waals surface area contributed by atoms with E-state index in [-0.39, 0.29) is 5.91 Å². The van der Waals surface area contributed by atoms with E-state index in [1.807, 2.05) is 54.6 Å². The highest BCUT2D eigenvalue weighted by Gasteiger charge is 2.28. The van der Waals surface area contributed by atoms with E-state index in [1.165, 1.54) is 16.7 Å². The first-order chi connectivity index (χ1) is 11.0. The maximum absolute atomic E-state index is 12.2. The molecule has 1 amide bonds. The molecule has 6 heteroatoms. The Hall–Kier alpha value is -1.27. The van der Waals surface area contributed by atoms with Gasteiger partial charge in [-0.1, -0.05) is 65.5 Å². The van der Waals surface area contributed by atoms with Gasteiger partial charge in [-0.25, -0.2) is 0 Å². The van der Waals surface area contributed by atoms with Crippen LogP contribution in [0.25, 0.3) is 6.08 Å². The molecule has 2 aromatic carbocycles. The number of nitrogens with zero attached hydrogens (tertiary/aromatic N) is 1. The quantitative estimate of drug-likeness (QED) is 0.532.